The van der Waals surface area contributed by atoms with E-state index in [4.69, 9.17) is 17.0 Å². The molecule has 2 N–H and O–H groups in total. The third kappa shape index (κ3) is 4.15. The van der Waals surface area contributed by atoms with Crippen molar-refractivity contribution < 1.29 is 9.53 Å². The van der Waals surface area contributed by atoms with Crippen LogP contribution in [0.1, 0.15) is 18.5 Å². The van der Waals surface area contributed by atoms with Crippen LogP contribution in [0.3, 0.4) is 0 Å². The lowest BCUT2D eigenvalue weighted by atomic mass is 9.94. The minimum absolute atomic E-state index is 0.216. The maximum Gasteiger partial charge on any atom is 0.255 e. The van der Waals surface area contributed by atoms with Gasteiger partial charge in [0.05, 0.1) is 24.4 Å². The van der Waals surface area contributed by atoms with Gasteiger partial charge in [-0.2, -0.15) is 0 Å². The minimum atomic E-state index is -0.372. The van der Waals surface area contributed by atoms with Crippen LogP contribution >= 0.6 is 12.2 Å². The molecule has 0 radical (unpaired) electrons. The average molecular weight is 430 g/mol. The average Bonchev–Trinajstić information content (AvgIpc) is 2.80. The number of nitrogens with one attached hydrogen (secondary N) is 2. The number of thiocarbonyl (C=S) groups is 1. The fourth-order valence-corrected chi connectivity index (χ4v) is 4.12. The van der Waals surface area contributed by atoms with Gasteiger partial charge in [-0.3, -0.25) is 9.69 Å². The van der Waals surface area contributed by atoms with E-state index in [2.05, 4.69) is 10.6 Å². The molecule has 1 aliphatic rings. The molecule has 5 nitrogen and oxygen atoms in total. The van der Waals surface area contributed by atoms with E-state index >= 15 is 0 Å². The largest absolute Gasteiger partial charge is 0.495 e. The minimum Gasteiger partial charge on any atom is -0.495 e. The normalized spacial score (nSPS) is 16.0. The summed E-state index contributed by atoms with van der Waals surface area (Å²) in [5.74, 6) is 0.386. The first-order valence-electron chi connectivity index (χ1n) is 9.96. The number of allylic oxidation sites excluding steroid dienone is 1. The summed E-state index contributed by atoms with van der Waals surface area (Å²) in [4.78, 5) is 15.5. The summed E-state index contributed by atoms with van der Waals surface area (Å²) in [7, 11) is 1.58. The number of rotatable bonds is 5. The Morgan fingerprint density at radius 3 is 2.26 bits per heavy atom. The molecule has 156 valence electrons. The predicted octanol–water partition coefficient (Wildman–Crippen LogP) is 5.04. The summed E-state index contributed by atoms with van der Waals surface area (Å²) in [6.45, 7) is 1.92. The van der Waals surface area contributed by atoms with Gasteiger partial charge in [-0.15, -0.1) is 0 Å². The first-order valence-corrected chi connectivity index (χ1v) is 10.4. The standard InChI is InChI=1S/C25H23N3O2S/c1-17-22(24(29)26-20-15-9-10-16-21(20)30-2)23(18-11-5-3-6-12-18)27-25(31)28(17)19-13-7-4-8-14-19/h3-16,23H,1-2H3,(H,26,29)(H,27,31). The van der Waals surface area contributed by atoms with Crippen LogP contribution in [0, 0.1) is 0 Å². The van der Waals surface area contributed by atoms with Gasteiger partial charge in [0, 0.05) is 11.4 Å². The summed E-state index contributed by atoms with van der Waals surface area (Å²) in [5, 5.41) is 6.93. The highest BCUT2D eigenvalue weighted by Crippen LogP contribution is 2.34. The van der Waals surface area contributed by atoms with Gasteiger partial charge in [0.15, 0.2) is 5.11 Å². The number of benzene rings is 3. The van der Waals surface area contributed by atoms with Crippen LogP contribution in [0.4, 0.5) is 11.4 Å². The second-order valence-corrected chi connectivity index (χ2v) is 7.50. The number of anilines is 2. The quantitative estimate of drug-likeness (QED) is 0.556. The maximum absolute atomic E-state index is 13.6. The lowest BCUT2D eigenvalue weighted by molar-refractivity contribution is -0.113. The second kappa shape index (κ2) is 9.02. The molecule has 0 spiro atoms. The molecule has 4 rings (SSSR count). The Morgan fingerprint density at radius 1 is 0.968 bits per heavy atom. The van der Waals surface area contributed by atoms with Crippen LogP contribution in [-0.2, 0) is 4.79 Å². The van der Waals surface area contributed by atoms with Gasteiger partial charge >= 0.3 is 0 Å². The molecule has 0 aliphatic carbocycles. The number of carbonyl (C=O) groups excluding carboxylic acids is 1. The molecule has 31 heavy (non-hydrogen) atoms. The Bertz CT molecular complexity index is 1130. The molecule has 1 amide bonds. The van der Waals surface area contributed by atoms with Crippen LogP contribution < -0.4 is 20.3 Å². The highest BCUT2D eigenvalue weighted by Gasteiger charge is 2.34. The van der Waals surface area contributed by atoms with Gasteiger partial charge in [0.1, 0.15) is 5.75 Å². The fraction of sp³-hybridized carbons (Fsp3) is 0.120. The number of hydrogen-bond donors (Lipinski definition) is 2. The molecule has 0 saturated heterocycles. The summed E-state index contributed by atoms with van der Waals surface area (Å²) in [6.07, 6.45) is 0. The number of ether oxygens (including phenoxy) is 1. The van der Waals surface area contributed by atoms with Crippen LogP contribution in [0.15, 0.2) is 96.2 Å². The molecule has 0 saturated carbocycles. The highest BCUT2D eigenvalue weighted by molar-refractivity contribution is 7.80. The molecule has 1 atom stereocenters. The Morgan fingerprint density at radius 2 is 1.58 bits per heavy atom. The highest BCUT2D eigenvalue weighted by atomic mass is 32.1. The van der Waals surface area contributed by atoms with Crippen molar-refractivity contribution in [1.82, 2.24) is 5.32 Å². The molecular weight excluding hydrogens is 406 g/mol. The Hall–Kier alpha value is -3.64. The van der Waals surface area contributed by atoms with E-state index in [9.17, 15) is 4.79 Å². The lowest BCUT2D eigenvalue weighted by Gasteiger charge is -2.38. The Labute approximate surface area is 187 Å². The topological polar surface area (TPSA) is 53.6 Å². The number of para-hydroxylation sites is 3. The van der Waals surface area contributed by atoms with Crippen molar-refractivity contribution in [1.29, 1.82) is 0 Å². The molecular formula is C25H23N3O2S. The number of carbonyl (C=O) groups is 1. The Balaban J connectivity index is 1.80. The molecule has 0 bridgehead atoms. The molecule has 1 heterocycles. The maximum atomic E-state index is 13.6. The fourth-order valence-electron chi connectivity index (χ4n) is 3.76. The van der Waals surface area contributed by atoms with E-state index in [1.165, 1.54) is 0 Å². The van der Waals surface area contributed by atoms with Crippen molar-refractivity contribution in [3.63, 3.8) is 0 Å². The number of amides is 1. The molecule has 0 fully saturated rings. The van der Waals surface area contributed by atoms with Gasteiger partial charge in [-0.1, -0.05) is 60.7 Å². The third-order valence-electron chi connectivity index (χ3n) is 5.23. The lowest BCUT2D eigenvalue weighted by Crippen LogP contribution is -2.48. The van der Waals surface area contributed by atoms with Crippen LogP contribution in [0.25, 0.3) is 0 Å². The smallest absolute Gasteiger partial charge is 0.255 e. The van der Waals surface area contributed by atoms with Crippen LogP contribution in [0.5, 0.6) is 5.75 Å². The number of nitrogens with zero attached hydrogens (tertiary/aromatic N) is 1. The van der Waals surface area contributed by atoms with Crippen molar-refractivity contribution in [3.05, 3.63) is 102 Å². The van der Waals surface area contributed by atoms with Gasteiger partial charge in [-0.25, -0.2) is 0 Å². The third-order valence-corrected chi connectivity index (χ3v) is 5.53. The zero-order valence-corrected chi connectivity index (χ0v) is 18.1. The number of methoxy groups -OCH3 is 1. The van der Waals surface area contributed by atoms with Gasteiger partial charge in [0.2, 0.25) is 0 Å². The van der Waals surface area contributed by atoms with Crippen molar-refractivity contribution in [2.45, 2.75) is 13.0 Å². The van der Waals surface area contributed by atoms with Crippen molar-refractivity contribution in [3.8, 4) is 5.75 Å². The summed E-state index contributed by atoms with van der Waals surface area (Å²) >= 11 is 5.70. The predicted molar refractivity (Wildman–Crippen MR) is 128 cm³/mol. The summed E-state index contributed by atoms with van der Waals surface area (Å²) < 4.78 is 5.40. The van der Waals surface area contributed by atoms with Crippen LogP contribution in [0.2, 0.25) is 0 Å². The van der Waals surface area contributed by atoms with Gasteiger partial charge in [0.25, 0.3) is 5.91 Å². The first-order chi connectivity index (χ1) is 15.1. The summed E-state index contributed by atoms with van der Waals surface area (Å²) in [6, 6.07) is 26.6. The monoisotopic (exact) mass is 429 g/mol. The van der Waals surface area contributed by atoms with E-state index in [0.717, 1.165) is 16.9 Å². The van der Waals surface area contributed by atoms with Gasteiger partial charge < -0.3 is 15.4 Å². The first kappa shape index (κ1) is 20.6. The Kier molecular flexibility index (Phi) is 6.00. The molecule has 6 heteroatoms. The van der Waals surface area contributed by atoms with Crippen molar-refractivity contribution in [2.75, 3.05) is 17.3 Å². The number of hydrogen-bond acceptors (Lipinski definition) is 3. The van der Waals surface area contributed by atoms with Crippen molar-refractivity contribution >= 4 is 34.6 Å². The zero-order valence-electron chi connectivity index (χ0n) is 17.3. The van der Waals surface area contributed by atoms with E-state index < -0.39 is 0 Å². The zero-order chi connectivity index (χ0) is 21.8. The van der Waals surface area contributed by atoms with E-state index in [1.54, 1.807) is 7.11 Å². The molecule has 1 aliphatic heterocycles. The molecule has 3 aromatic carbocycles. The van der Waals surface area contributed by atoms with E-state index in [-0.39, 0.29) is 11.9 Å². The molecule has 3 aromatic rings. The van der Waals surface area contributed by atoms with Crippen molar-refractivity contribution in [2.24, 2.45) is 0 Å². The molecule has 1 unspecified atom stereocenters. The van der Waals surface area contributed by atoms with Crippen LogP contribution in [-0.4, -0.2) is 18.1 Å². The van der Waals surface area contributed by atoms with Gasteiger partial charge in [-0.05, 0) is 49.0 Å². The molecule has 0 aromatic heterocycles. The van der Waals surface area contributed by atoms with E-state index in [0.29, 0.717) is 22.1 Å². The SMILES string of the molecule is COc1ccccc1NC(=O)C1=C(C)N(c2ccccc2)C(=S)NC1c1ccccc1. The second-order valence-electron chi connectivity index (χ2n) is 7.12. The summed E-state index contributed by atoms with van der Waals surface area (Å²) in [5.41, 5.74) is 3.83. The van der Waals surface area contributed by atoms with E-state index in [1.807, 2.05) is 96.8 Å².